The number of hydrogen-bond donors (Lipinski definition) is 2. The summed E-state index contributed by atoms with van der Waals surface area (Å²) in [5.41, 5.74) is 4.63. The van der Waals surface area contributed by atoms with Gasteiger partial charge in [-0.05, 0) is 30.3 Å². The van der Waals surface area contributed by atoms with E-state index in [0.29, 0.717) is 16.0 Å². The molecular weight excluding hydrogens is 350 g/mol. The summed E-state index contributed by atoms with van der Waals surface area (Å²) in [6.45, 7) is 0. The van der Waals surface area contributed by atoms with E-state index in [1.165, 1.54) is 24.3 Å². The number of nitrogens with one attached hydrogen (secondary N) is 2. The van der Waals surface area contributed by atoms with E-state index >= 15 is 0 Å². The van der Waals surface area contributed by atoms with Crippen molar-refractivity contribution in [3.8, 4) is 0 Å². The molecule has 0 atom stereocenters. The lowest BCUT2D eigenvalue weighted by Gasteiger charge is -2.05. The lowest BCUT2D eigenvalue weighted by atomic mass is 10.2. The number of carbonyl (C=O) groups is 2. The molecule has 0 aliphatic rings. The number of halogens is 1. The first-order chi connectivity index (χ1) is 11.9. The van der Waals surface area contributed by atoms with Crippen molar-refractivity contribution in [1.82, 2.24) is 10.9 Å². The molecule has 2 amide bonds. The zero-order valence-electron chi connectivity index (χ0n) is 12.5. The van der Waals surface area contributed by atoms with Gasteiger partial charge in [-0.3, -0.25) is 30.6 Å². The smallest absolute Gasteiger partial charge is 0.305 e. The molecule has 0 saturated carbocycles. The number of nitro groups is 1. The van der Waals surface area contributed by atoms with Crippen LogP contribution in [-0.4, -0.2) is 16.7 Å². The van der Waals surface area contributed by atoms with Gasteiger partial charge in [-0.2, -0.15) is 0 Å². The van der Waals surface area contributed by atoms with Crippen LogP contribution in [0.25, 0.3) is 11.0 Å². The van der Waals surface area contributed by atoms with Crippen LogP contribution in [-0.2, 0) is 0 Å². The van der Waals surface area contributed by atoms with Crippen LogP contribution in [0.5, 0.6) is 0 Å². The number of carbonyl (C=O) groups excluding carboxylic acids is 2. The number of fused-ring (bicyclic) bond motifs is 1. The van der Waals surface area contributed by atoms with Gasteiger partial charge in [0.25, 0.3) is 11.6 Å². The highest BCUT2D eigenvalue weighted by Crippen LogP contribution is 2.22. The van der Waals surface area contributed by atoms with Gasteiger partial charge in [-0.15, -0.1) is 0 Å². The molecule has 1 aromatic heterocycles. The van der Waals surface area contributed by atoms with Gasteiger partial charge in [-0.25, -0.2) is 0 Å². The molecule has 0 radical (unpaired) electrons. The zero-order chi connectivity index (χ0) is 18.0. The normalized spacial score (nSPS) is 10.4. The largest absolute Gasteiger partial charge is 0.451 e. The molecule has 8 nitrogen and oxygen atoms in total. The highest BCUT2D eigenvalue weighted by molar-refractivity contribution is 6.31. The molecule has 0 unspecified atom stereocenters. The van der Waals surface area contributed by atoms with Crippen LogP contribution < -0.4 is 10.9 Å². The molecule has 2 aromatic carbocycles. The fraction of sp³-hybridized carbons (Fsp3) is 0. The maximum absolute atomic E-state index is 12.0. The third kappa shape index (κ3) is 3.59. The number of rotatable bonds is 3. The van der Waals surface area contributed by atoms with Crippen LogP contribution >= 0.6 is 11.6 Å². The number of amides is 2. The summed E-state index contributed by atoms with van der Waals surface area (Å²) in [6.07, 6.45) is 0. The highest BCUT2D eigenvalue weighted by Gasteiger charge is 2.15. The summed E-state index contributed by atoms with van der Waals surface area (Å²) in [7, 11) is 0. The predicted molar refractivity (Wildman–Crippen MR) is 89.3 cm³/mol. The number of non-ortho nitro benzene ring substituents is 1. The maximum Gasteiger partial charge on any atom is 0.305 e. The Labute approximate surface area is 145 Å². The van der Waals surface area contributed by atoms with E-state index in [9.17, 15) is 19.7 Å². The Bertz CT molecular complexity index is 998. The van der Waals surface area contributed by atoms with Gasteiger partial charge in [0, 0.05) is 28.1 Å². The Morgan fingerprint density at radius 1 is 1.04 bits per heavy atom. The van der Waals surface area contributed by atoms with Gasteiger partial charge in [0.15, 0.2) is 5.76 Å². The Balaban J connectivity index is 1.69. The lowest BCUT2D eigenvalue weighted by Crippen LogP contribution is -2.41. The SMILES string of the molecule is O=C(NNC(=O)c1cc2cc(Cl)ccc2o1)c1cccc([N+](=O)[O-])c1. The number of benzene rings is 2. The van der Waals surface area contributed by atoms with E-state index in [-0.39, 0.29) is 17.0 Å². The van der Waals surface area contributed by atoms with Crippen molar-refractivity contribution in [2.45, 2.75) is 0 Å². The molecule has 3 aromatic rings. The molecule has 0 aliphatic heterocycles. The van der Waals surface area contributed by atoms with E-state index in [1.54, 1.807) is 18.2 Å². The van der Waals surface area contributed by atoms with Gasteiger partial charge < -0.3 is 4.42 Å². The van der Waals surface area contributed by atoms with E-state index in [2.05, 4.69) is 10.9 Å². The predicted octanol–water partition coefficient (Wildman–Crippen LogP) is 3.07. The summed E-state index contributed by atoms with van der Waals surface area (Å²) < 4.78 is 5.36. The van der Waals surface area contributed by atoms with E-state index in [4.69, 9.17) is 16.0 Å². The number of hydrogen-bond acceptors (Lipinski definition) is 5. The summed E-state index contributed by atoms with van der Waals surface area (Å²) in [5.74, 6) is -1.39. The van der Waals surface area contributed by atoms with Crippen LogP contribution in [0.2, 0.25) is 5.02 Å². The van der Waals surface area contributed by atoms with Gasteiger partial charge in [0.05, 0.1) is 4.92 Å². The van der Waals surface area contributed by atoms with Crippen LogP contribution in [0, 0.1) is 10.1 Å². The van der Waals surface area contributed by atoms with Crippen LogP contribution in [0.4, 0.5) is 5.69 Å². The molecule has 0 bridgehead atoms. The van der Waals surface area contributed by atoms with Gasteiger partial charge in [0.2, 0.25) is 0 Å². The molecule has 9 heteroatoms. The van der Waals surface area contributed by atoms with Crippen molar-refractivity contribution in [3.63, 3.8) is 0 Å². The number of nitrogens with zero attached hydrogens (tertiary/aromatic N) is 1. The van der Waals surface area contributed by atoms with E-state index in [0.717, 1.165) is 6.07 Å². The molecule has 0 fully saturated rings. The number of furan rings is 1. The molecule has 2 N–H and O–H groups in total. The van der Waals surface area contributed by atoms with Crippen LogP contribution in [0.3, 0.4) is 0 Å². The highest BCUT2D eigenvalue weighted by atomic mass is 35.5. The maximum atomic E-state index is 12.0. The molecule has 1 heterocycles. The zero-order valence-corrected chi connectivity index (χ0v) is 13.2. The summed E-state index contributed by atoms with van der Waals surface area (Å²) in [6, 6.07) is 11.5. The first kappa shape index (κ1) is 16.5. The van der Waals surface area contributed by atoms with Gasteiger partial charge in [-0.1, -0.05) is 17.7 Å². The minimum atomic E-state index is -0.698. The van der Waals surface area contributed by atoms with Crippen molar-refractivity contribution in [1.29, 1.82) is 0 Å². The minimum Gasteiger partial charge on any atom is -0.451 e. The fourth-order valence-corrected chi connectivity index (χ4v) is 2.31. The first-order valence-electron chi connectivity index (χ1n) is 6.98. The quantitative estimate of drug-likeness (QED) is 0.551. The molecule has 126 valence electrons. The average Bonchev–Trinajstić information content (AvgIpc) is 3.02. The summed E-state index contributed by atoms with van der Waals surface area (Å²) >= 11 is 5.87. The topological polar surface area (TPSA) is 114 Å². The fourth-order valence-electron chi connectivity index (χ4n) is 2.13. The molecule has 25 heavy (non-hydrogen) atoms. The monoisotopic (exact) mass is 359 g/mol. The number of nitro benzene ring substituents is 1. The third-order valence-electron chi connectivity index (χ3n) is 3.31. The summed E-state index contributed by atoms with van der Waals surface area (Å²) in [5, 5.41) is 11.9. The Hall–Kier alpha value is -3.39. The van der Waals surface area contributed by atoms with Crippen molar-refractivity contribution in [2.24, 2.45) is 0 Å². The summed E-state index contributed by atoms with van der Waals surface area (Å²) in [4.78, 5) is 34.1. The van der Waals surface area contributed by atoms with Crippen molar-refractivity contribution in [2.75, 3.05) is 0 Å². The second-order valence-electron chi connectivity index (χ2n) is 5.01. The Kier molecular flexibility index (Phi) is 4.36. The van der Waals surface area contributed by atoms with Crippen molar-refractivity contribution >= 4 is 40.1 Å². The van der Waals surface area contributed by atoms with Crippen LogP contribution in [0.1, 0.15) is 20.9 Å². The van der Waals surface area contributed by atoms with Gasteiger partial charge in [0.1, 0.15) is 5.58 Å². The Morgan fingerprint density at radius 3 is 2.56 bits per heavy atom. The lowest BCUT2D eigenvalue weighted by molar-refractivity contribution is -0.384. The average molecular weight is 360 g/mol. The van der Waals surface area contributed by atoms with E-state index < -0.39 is 16.7 Å². The number of hydrazine groups is 1. The van der Waals surface area contributed by atoms with Crippen molar-refractivity contribution in [3.05, 3.63) is 75.0 Å². The van der Waals surface area contributed by atoms with Crippen LogP contribution in [0.15, 0.2) is 52.9 Å². The first-order valence-corrected chi connectivity index (χ1v) is 7.36. The molecular formula is C16H10ClN3O5. The Morgan fingerprint density at radius 2 is 1.80 bits per heavy atom. The van der Waals surface area contributed by atoms with Gasteiger partial charge >= 0.3 is 5.91 Å². The minimum absolute atomic E-state index is 0.0170. The molecule has 0 saturated heterocycles. The van der Waals surface area contributed by atoms with Crippen molar-refractivity contribution < 1.29 is 18.9 Å². The molecule has 0 spiro atoms. The third-order valence-corrected chi connectivity index (χ3v) is 3.55. The molecule has 3 rings (SSSR count). The second-order valence-corrected chi connectivity index (χ2v) is 5.44. The molecule has 0 aliphatic carbocycles. The second kappa shape index (κ2) is 6.62. The van der Waals surface area contributed by atoms with E-state index in [1.807, 2.05) is 0 Å². The standard InChI is InChI=1S/C16H10ClN3O5/c17-11-4-5-13-10(6-11)8-14(25-13)16(22)19-18-15(21)9-2-1-3-12(7-9)20(23)24/h1-8H,(H,18,21)(H,19,22).